The number of hydrogen-bond donors (Lipinski definition) is 0. The SMILES string of the molecule is COc1ccccc1Cc1nc(Cl)c2c(n1)CCC2. The van der Waals surface area contributed by atoms with Crippen LogP contribution in [0.4, 0.5) is 0 Å². The molecule has 1 aromatic heterocycles. The van der Waals surface area contributed by atoms with Gasteiger partial charge in [0.05, 0.1) is 7.11 Å². The van der Waals surface area contributed by atoms with E-state index < -0.39 is 0 Å². The number of hydrogen-bond acceptors (Lipinski definition) is 3. The first kappa shape index (κ1) is 12.4. The van der Waals surface area contributed by atoms with Crippen LogP contribution in [0.15, 0.2) is 24.3 Å². The van der Waals surface area contributed by atoms with Crippen molar-refractivity contribution in [3.05, 3.63) is 52.1 Å². The fourth-order valence-corrected chi connectivity index (χ4v) is 2.83. The smallest absolute Gasteiger partial charge is 0.136 e. The Morgan fingerprint density at radius 3 is 2.89 bits per heavy atom. The van der Waals surface area contributed by atoms with Crippen LogP contribution in [0.1, 0.15) is 29.1 Å². The summed E-state index contributed by atoms with van der Waals surface area (Å²) in [4.78, 5) is 9.05. The maximum Gasteiger partial charge on any atom is 0.136 e. The average molecular weight is 275 g/mol. The summed E-state index contributed by atoms with van der Waals surface area (Å²) in [6.07, 6.45) is 3.79. The number of methoxy groups -OCH3 is 1. The third-order valence-corrected chi connectivity index (χ3v) is 3.78. The monoisotopic (exact) mass is 274 g/mol. The van der Waals surface area contributed by atoms with Crippen LogP contribution < -0.4 is 4.74 Å². The van der Waals surface area contributed by atoms with Crippen molar-refractivity contribution in [2.24, 2.45) is 0 Å². The Labute approximate surface area is 117 Å². The predicted molar refractivity (Wildman–Crippen MR) is 74.9 cm³/mol. The Hall–Kier alpha value is -1.61. The van der Waals surface area contributed by atoms with Crippen LogP contribution >= 0.6 is 11.6 Å². The molecule has 2 aromatic rings. The zero-order valence-corrected chi connectivity index (χ0v) is 11.6. The third kappa shape index (κ3) is 2.43. The molecule has 1 aliphatic rings. The summed E-state index contributed by atoms with van der Waals surface area (Å²) in [5, 5.41) is 0.618. The molecular formula is C15H15ClN2O. The average Bonchev–Trinajstić information content (AvgIpc) is 2.88. The number of halogens is 1. The number of fused-ring (bicyclic) bond motifs is 1. The number of para-hydroxylation sites is 1. The van der Waals surface area contributed by atoms with Gasteiger partial charge in [-0.05, 0) is 25.3 Å². The van der Waals surface area contributed by atoms with Crippen LogP contribution in [0.2, 0.25) is 5.15 Å². The molecule has 0 fully saturated rings. The molecule has 0 spiro atoms. The Morgan fingerprint density at radius 2 is 2.05 bits per heavy atom. The summed E-state index contributed by atoms with van der Waals surface area (Å²) in [5.41, 5.74) is 3.33. The van der Waals surface area contributed by atoms with E-state index in [2.05, 4.69) is 9.97 Å². The molecule has 3 rings (SSSR count). The van der Waals surface area contributed by atoms with E-state index in [9.17, 15) is 0 Å². The molecule has 0 bridgehead atoms. The Kier molecular flexibility index (Phi) is 3.38. The second kappa shape index (κ2) is 5.17. The fourth-order valence-electron chi connectivity index (χ4n) is 2.53. The Bertz CT molecular complexity index is 613. The minimum absolute atomic E-state index is 0.618. The van der Waals surface area contributed by atoms with Crippen LogP contribution in [0.5, 0.6) is 5.75 Å². The molecule has 0 atom stereocenters. The topological polar surface area (TPSA) is 35.0 Å². The van der Waals surface area contributed by atoms with Crippen LogP contribution in [-0.4, -0.2) is 17.1 Å². The molecule has 0 radical (unpaired) electrons. The van der Waals surface area contributed by atoms with Crippen LogP contribution in [-0.2, 0) is 19.3 Å². The van der Waals surface area contributed by atoms with Gasteiger partial charge in [0.2, 0.25) is 0 Å². The van der Waals surface area contributed by atoms with E-state index in [1.54, 1.807) is 7.11 Å². The summed E-state index contributed by atoms with van der Waals surface area (Å²) >= 11 is 6.23. The molecule has 4 heteroatoms. The van der Waals surface area contributed by atoms with Gasteiger partial charge in [-0.3, -0.25) is 0 Å². The first-order valence-corrected chi connectivity index (χ1v) is 6.82. The summed E-state index contributed by atoms with van der Waals surface area (Å²) in [5.74, 6) is 1.64. The zero-order valence-electron chi connectivity index (χ0n) is 10.8. The lowest BCUT2D eigenvalue weighted by Crippen LogP contribution is -2.03. The van der Waals surface area contributed by atoms with Crippen molar-refractivity contribution in [2.45, 2.75) is 25.7 Å². The molecular weight excluding hydrogens is 260 g/mol. The van der Waals surface area contributed by atoms with Crippen molar-refractivity contribution in [3.63, 3.8) is 0 Å². The highest BCUT2D eigenvalue weighted by molar-refractivity contribution is 6.30. The number of aromatic nitrogens is 2. The van der Waals surface area contributed by atoms with Gasteiger partial charge in [-0.25, -0.2) is 9.97 Å². The second-order valence-corrected chi connectivity index (χ2v) is 5.06. The van der Waals surface area contributed by atoms with Gasteiger partial charge in [-0.1, -0.05) is 29.8 Å². The van der Waals surface area contributed by atoms with E-state index >= 15 is 0 Å². The van der Waals surface area contributed by atoms with Gasteiger partial charge >= 0.3 is 0 Å². The molecule has 0 amide bonds. The van der Waals surface area contributed by atoms with Crippen molar-refractivity contribution in [2.75, 3.05) is 7.11 Å². The van der Waals surface area contributed by atoms with Crippen molar-refractivity contribution >= 4 is 11.6 Å². The number of rotatable bonds is 3. The molecule has 1 aromatic carbocycles. The van der Waals surface area contributed by atoms with E-state index in [0.717, 1.165) is 47.7 Å². The molecule has 0 saturated heterocycles. The summed E-state index contributed by atoms with van der Waals surface area (Å²) in [6.45, 7) is 0. The lowest BCUT2D eigenvalue weighted by atomic mass is 10.1. The molecule has 1 heterocycles. The van der Waals surface area contributed by atoms with Crippen LogP contribution in [0, 0.1) is 0 Å². The largest absolute Gasteiger partial charge is 0.496 e. The minimum atomic E-state index is 0.618. The molecule has 98 valence electrons. The van der Waals surface area contributed by atoms with Crippen molar-refractivity contribution in [1.82, 2.24) is 9.97 Å². The lowest BCUT2D eigenvalue weighted by molar-refractivity contribution is 0.410. The predicted octanol–water partition coefficient (Wildman–Crippen LogP) is 3.22. The maximum absolute atomic E-state index is 6.23. The maximum atomic E-state index is 6.23. The molecule has 0 saturated carbocycles. The van der Waals surface area contributed by atoms with Crippen molar-refractivity contribution < 1.29 is 4.74 Å². The first-order valence-electron chi connectivity index (χ1n) is 6.44. The number of benzene rings is 1. The number of aryl methyl sites for hydroxylation is 1. The van der Waals surface area contributed by atoms with E-state index in [1.165, 1.54) is 0 Å². The lowest BCUT2D eigenvalue weighted by Gasteiger charge is -2.09. The van der Waals surface area contributed by atoms with Crippen LogP contribution in [0.3, 0.4) is 0 Å². The molecule has 0 N–H and O–H groups in total. The van der Waals surface area contributed by atoms with Crippen molar-refractivity contribution in [1.29, 1.82) is 0 Å². The molecule has 3 nitrogen and oxygen atoms in total. The molecule has 0 aliphatic heterocycles. The van der Waals surface area contributed by atoms with Gasteiger partial charge in [0, 0.05) is 23.2 Å². The van der Waals surface area contributed by atoms with E-state index in [0.29, 0.717) is 11.6 Å². The van der Waals surface area contributed by atoms with E-state index in [1.807, 2.05) is 24.3 Å². The molecule has 19 heavy (non-hydrogen) atoms. The first-order chi connectivity index (χ1) is 9.28. The van der Waals surface area contributed by atoms with E-state index in [4.69, 9.17) is 16.3 Å². The highest BCUT2D eigenvalue weighted by atomic mass is 35.5. The summed E-state index contributed by atoms with van der Waals surface area (Å²) < 4.78 is 5.35. The van der Waals surface area contributed by atoms with Gasteiger partial charge in [-0.2, -0.15) is 0 Å². The Morgan fingerprint density at radius 1 is 1.21 bits per heavy atom. The standard InChI is InChI=1S/C15H15ClN2O/c1-19-13-8-3-2-5-10(13)9-14-17-12-7-4-6-11(12)15(16)18-14/h2-3,5,8H,4,6-7,9H2,1H3. The highest BCUT2D eigenvalue weighted by Crippen LogP contribution is 2.27. The molecule has 1 aliphatic carbocycles. The minimum Gasteiger partial charge on any atom is -0.496 e. The van der Waals surface area contributed by atoms with Crippen LogP contribution in [0.25, 0.3) is 0 Å². The van der Waals surface area contributed by atoms with Gasteiger partial charge in [0.25, 0.3) is 0 Å². The third-order valence-electron chi connectivity index (χ3n) is 3.47. The Balaban J connectivity index is 1.93. The zero-order chi connectivity index (χ0) is 13.2. The summed E-state index contributed by atoms with van der Waals surface area (Å²) in [7, 11) is 1.68. The normalized spacial score (nSPS) is 13.4. The van der Waals surface area contributed by atoms with Crippen molar-refractivity contribution in [3.8, 4) is 5.75 Å². The van der Waals surface area contributed by atoms with Gasteiger partial charge in [-0.15, -0.1) is 0 Å². The highest BCUT2D eigenvalue weighted by Gasteiger charge is 2.18. The fraction of sp³-hybridized carbons (Fsp3) is 0.333. The molecule has 0 unspecified atom stereocenters. The quantitative estimate of drug-likeness (QED) is 0.806. The van der Waals surface area contributed by atoms with Gasteiger partial charge in [0.15, 0.2) is 0 Å². The summed E-state index contributed by atoms with van der Waals surface area (Å²) in [6, 6.07) is 7.93. The van der Waals surface area contributed by atoms with E-state index in [-0.39, 0.29) is 0 Å². The number of nitrogens with zero attached hydrogens (tertiary/aromatic N) is 2. The van der Waals surface area contributed by atoms with Gasteiger partial charge in [0.1, 0.15) is 16.7 Å². The van der Waals surface area contributed by atoms with Gasteiger partial charge < -0.3 is 4.74 Å². The second-order valence-electron chi connectivity index (χ2n) is 4.70. The number of ether oxygens (including phenoxy) is 1.